The van der Waals surface area contributed by atoms with E-state index < -0.39 is 0 Å². The Morgan fingerprint density at radius 3 is 2.41 bits per heavy atom. The van der Waals surface area contributed by atoms with Crippen LogP contribution in [0.15, 0.2) is 34.1 Å². The summed E-state index contributed by atoms with van der Waals surface area (Å²) in [5.41, 5.74) is 0.926. The summed E-state index contributed by atoms with van der Waals surface area (Å²) in [6, 6.07) is 7.71. The summed E-state index contributed by atoms with van der Waals surface area (Å²) in [7, 11) is 0. The lowest BCUT2D eigenvalue weighted by Crippen LogP contribution is -2.05. The van der Waals surface area contributed by atoms with E-state index in [9.17, 15) is 0 Å². The van der Waals surface area contributed by atoms with Gasteiger partial charge in [-0.2, -0.15) is 0 Å². The molecular weight excluding hydrogens is 341 g/mol. The molecule has 1 heterocycles. The van der Waals surface area contributed by atoms with Crippen LogP contribution in [0.5, 0.6) is 0 Å². The van der Waals surface area contributed by atoms with Gasteiger partial charge in [0, 0.05) is 25.1 Å². The molecule has 17 heavy (non-hydrogen) atoms. The molecule has 0 spiro atoms. The van der Waals surface area contributed by atoms with Crippen LogP contribution >= 0.6 is 50.5 Å². The van der Waals surface area contributed by atoms with E-state index in [0.29, 0.717) is 10.0 Å². The molecule has 0 aliphatic heterocycles. The highest BCUT2D eigenvalue weighted by molar-refractivity contribution is 9.10. The Morgan fingerprint density at radius 1 is 1.24 bits per heavy atom. The number of anilines is 1. The first-order valence-electron chi connectivity index (χ1n) is 5.02. The molecule has 5 heteroatoms. The molecule has 1 atom stereocenters. The Balaban J connectivity index is 2.18. The topological polar surface area (TPSA) is 12.0 Å². The fourth-order valence-corrected chi connectivity index (χ4v) is 3.82. The van der Waals surface area contributed by atoms with Crippen molar-refractivity contribution in [3.05, 3.63) is 49.0 Å². The number of nitrogens with one attached hydrogen (secondary N) is 1. The largest absolute Gasteiger partial charge is 0.378 e. The van der Waals surface area contributed by atoms with Crippen molar-refractivity contribution in [2.75, 3.05) is 5.32 Å². The predicted molar refractivity (Wildman–Crippen MR) is 80.5 cm³/mol. The van der Waals surface area contributed by atoms with Gasteiger partial charge in [-0.05, 0) is 52.5 Å². The van der Waals surface area contributed by atoms with Crippen molar-refractivity contribution in [2.45, 2.75) is 13.0 Å². The second-order valence-electron chi connectivity index (χ2n) is 3.66. The van der Waals surface area contributed by atoms with E-state index in [1.54, 1.807) is 17.4 Å². The molecule has 0 fully saturated rings. The molecule has 0 aliphatic rings. The molecule has 0 radical (unpaired) electrons. The lowest BCUT2D eigenvalue weighted by atomic mass is 10.2. The van der Waals surface area contributed by atoms with Crippen molar-refractivity contribution in [1.29, 1.82) is 0 Å². The van der Waals surface area contributed by atoms with E-state index >= 15 is 0 Å². The van der Waals surface area contributed by atoms with E-state index in [1.807, 2.05) is 18.2 Å². The first-order valence-corrected chi connectivity index (χ1v) is 7.44. The molecule has 0 amide bonds. The van der Waals surface area contributed by atoms with Crippen LogP contribution in [0.3, 0.4) is 0 Å². The highest BCUT2D eigenvalue weighted by atomic mass is 79.9. The van der Waals surface area contributed by atoms with Gasteiger partial charge in [0.1, 0.15) is 0 Å². The number of benzene rings is 1. The Hall–Kier alpha value is -0.220. The van der Waals surface area contributed by atoms with Crippen LogP contribution in [0.1, 0.15) is 17.8 Å². The lowest BCUT2D eigenvalue weighted by Gasteiger charge is -2.15. The summed E-state index contributed by atoms with van der Waals surface area (Å²) in [5.74, 6) is 0. The number of hydrogen-bond donors (Lipinski definition) is 1. The summed E-state index contributed by atoms with van der Waals surface area (Å²) in [6.45, 7) is 2.10. The van der Waals surface area contributed by atoms with Crippen LogP contribution in [-0.4, -0.2) is 0 Å². The standard InChI is InChI=1S/C12H10BrCl2NS/c1-7(12-11(13)2-3-17-12)16-10-5-8(14)4-9(15)6-10/h2-7,16H,1H3. The molecular formula is C12H10BrCl2NS. The molecule has 2 rings (SSSR count). The summed E-state index contributed by atoms with van der Waals surface area (Å²) < 4.78 is 1.12. The van der Waals surface area contributed by atoms with Crippen molar-refractivity contribution in [1.82, 2.24) is 0 Å². The normalized spacial score (nSPS) is 12.5. The predicted octanol–water partition coefficient (Wildman–Crippen LogP) is 5.99. The zero-order chi connectivity index (χ0) is 12.4. The smallest absolute Gasteiger partial charge is 0.0589 e. The van der Waals surface area contributed by atoms with E-state index in [1.165, 1.54) is 4.88 Å². The second-order valence-corrected chi connectivity index (χ2v) is 6.33. The SMILES string of the molecule is CC(Nc1cc(Cl)cc(Cl)c1)c1sccc1Br. The third-order valence-corrected chi connectivity index (χ3v) is 4.77. The third kappa shape index (κ3) is 3.38. The minimum atomic E-state index is 0.207. The Bertz CT molecular complexity index is 507. The summed E-state index contributed by atoms with van der Waals surface area (Å²) in [6.07, 6.45) is 0. The maximum atomic E-state index is 5.96. The Labute approximate surface area is 123 Å². The van der Waals surface area contributed by atoms with Gasteiger partial charge < -0.3 is 5.32 Å². The molecule has 1 aromatic carbocycles. The number of thiophene rings is 1. The van der Waals surface area contributed by atoms with Crippen molar-refractivity contribution in [3.8, 4) is 0 Å². The number of hydrogen-bond acceptors (Lipinski definition) is 2. The van der Waals surface area contributed by atoms with E-state index in [2.05, 4.69) is 33.6 Å². The van der Waals surface area contributed by atoms with Crippen molar-refractivity contribution >= 4 is 56.2 Å². The van der Waals surface area contributed by atoms with Crippen molar-refractivity contribution in [3.63, 3.8) is 0 Å². The Kier molecular flexibility index (Phi) is 4.36. The molecule has 0 aliphatic carbocycles. The van der Waals surface area contributed by atoms with Gasteiger partial charge >= 0.3 is 0 Å². The minimum Gasteiger partial charge on any atom is -0.378 e. The van der Waals surface area contributed by atoms with Crippen LogP contribution in [0.4, 0.5) is 5.69 Å². The monoisotopic (exact) mass is 349 g/mol. The fourth-order valence-electron chi connectivity index (χ4n) is 1.57. The van der Waals surface area contributed by atoms with Crippen LogP contribution in [0.25, 0.3) is 0 Å². The number of rotatable bonds is 3. The molecule has 1 unspecified atom stereocenters. The lowest BCUT2D eigenvalue weighted by molar-refractivity contribution is 0.903. The maximum Gasteiger partial charge on any atom is 0.0589 e. The molecule has 90 valence electrons. The van der Waals surface area contributed by atoms with Crippen LogP contribution in [0, 0.1) is 0 Å². The highest BCUT2D eigenvalue weighted by Gasteiger charge is 2.11. The molecule has 1 N–H and O–H groups in total. The average Bonchev–Trinajstić information content (AvgIpc) is 2.62. The Morgan fingerprint density at radius 2 is 1.88 bits per heavy atom. The maximum absolute atomic E-state index is 5.96. The van der Waals surface area contributed by atoms with Gasteiger partial charge in [0.15, 0.2) is 0 Å². The van der Waals surface area contributed by atoms with Gasteiger partial charge in [-0.25, -0.2) is 0 Å². The quantitative estimate of drug-likeness (QED) is 0.716. The van der Waals surface area contributed by atoms with Crippen LogP contribution in [0.2, 0.25) is 10.0 Å². The van der Waals surface area contributed by atoms with E-state index in [0.717, 1.165) is 10.2 Å². The van der Waals surface area contributed by atoms with Crippen LogP contribution < -0.4 is 5.32 Å². The third-order valence-electron chi connectivity index (χ3n) is 2.28. The van der Waals surface area contributed by atoms with Crippen LogP contribution in [-0.2, 0) is 0 Å². The molecule has 2 aromatic rings. The van der Waals surface area contributed by atoms with Gasteiger partial charge in [-0.15, -0.1) is 11.3 Å². The van der Waals surface area contributed by atoms with Gasteiger partial charge in [-0.3, -0.25) is 0 Å². The molecule has 0 bridgehead atoms. The van der Waals surface area contributed by atoms with Gasteiger partial charge in [0.2, 0.25) is 0 Å². The van der Waals surface area contributed by atoms with E-state index in [-0.39, 0.29) is 6.04 Å². The minimum absolute atomic E-state index is 0.207. The zero-order valence-electron chi connectivity index (χ0n) is 9.01. The van der Waals surface area contributed by atoms with Crippen molar-refractivity contribution < 1.29 is 0 Å². The zero-order valence-corrected chi connectivity index (χ0v) is 12.9. The van der Waals surface area contributed by atoms with Crippen molar-refractivity contribution in [2.24, 2.45) is 0 Å². The van der Waals surface area contributed by atoms with E-state index in [4.69, 9.17) is 23.2 Å². The molecule has 1 nitrogen and oxygen atoms in total. The summed E-state index contributed by atoms with van der Waals surface area (Å²) >= 11 is 17.2. The first-order chi connectivity index (χ1) is 8.06. The van der Waals surface area contributed by atoms with Gasteiger partial charge in [-0.1, -0.05) is 23.2 Å². The highest BCUT2D eigenvalue weighted by Crippen LogP contribution is 2.32. The first kappa shape index (κ1) is 13.2. The molecule has 0 saturated carbocycles. The van der Waals surface area contributed by atoms with Gasteiger partial charge in [0.05, 0.1) is 6.04 Å². The second kappa shape index (κ2) is 5.61. The summed E-state index contributed by atoms with van der Waals surface area (Å²) in [4.78, 5) is 1.25. The summed E-state index contributed by atoms with van der Waals surface area (Å²) in [5, 5.41) is 6.71. The van der Waals surface area contributed by atoms with Gasteiger partial charge in [0.25, 0.3) is 0 Å². The molecule has 1 aromatic heterocycles. The number of halogens is 3. The fraction of sp³-hybridized carbons (Fsp3) is 0.167. The molecule has 0 saturated heterocycles. The average molecular weight is 351 g/mol.